The SMILES string of the molecule is [N-]=[N+]=NCCCCOc1ccc(C(=O)c2cccc3c2OC(N)(c2nn[nH]n2)CO3)cc1. The van der Waals surface area contributed by atoms with Crippen molar-refractivity contribution in [1.29, 1.82) is 0 Å². The first-order valence-electron chi connectivity index (χ1n) is 9.87. The third-order valence-electron chi connectivity index (χ3n) is 4.77. The van der Waals surface area contributed by atoms with Gasteiger partial charge in [0, 0.05) is 17.0 Å². The topological polar surface area (TPSA) is 174 Å². The summed E-state index contributed by atoms with van der Waals surface area (Å²) in [5.41, 5.74) is 13.8. The number of nitrogens with one attached hydrogen (secondary N) is 1. The Labute approximate surface area is 182 Å². The van der Waals surface area contributed by atoms with E-state index in [1.165, 1.54) is 0 Å². The lowest BCUT2D eigenvalue weighted by Gasteiger charge is -2.33. The van der Waals surface area contributed by atoms with Gasteiger partial charge in [-0.05, 0) is 60.0 Å². The molecule has 1 aromatic heterocycles. The van der Waals surface area contributed by atoms with E-state index >= 15 is 0 Å². The Morgan fingerprint density at radius 2 is 2.12 bits per heavy atom. The predicted octanol–water partition coefficient (Wildman–Crippen LogP) is 2.48. The lowest BCUT2D eigenvalue weighted by molar-refractivity contribution is -0.0154. The van der Waals surface area contributed by atoms with Gasteiger partial charge in [-0.1, -0.05) is 11.2 Å². The molecular formula is C20H20N8O4. The standard InChI is InChI=1S/C20H20N8O4/c21-20(19-24-27-28-25-19)12-31-16-5-3-4-15(18(16)32-20)17(29)13-6-8-14(9-7-13)30-11-2-1-10-23-26-22/h3-9H,1-2,10-12,21H2,(H,24,25,27,28). The number of ether oxygens (including phenoxy) is 3. The number of carbonyl (C=O) groups excluding carboxylic acids is 1. The molecule has 3 N–H and O–H groups in total. The summed E-state index contributed by atoms with van der Waals surface area (Å²) >= 11 is 0. The van der Waals surface area contributed by atoms with E-state index in [9.17, 15) is 4.79 Å². The van der Waals surface area contributed by atoms with Gasteiger partial charge in [-0.2, -0.15) is 5.21 Å². The number of ketones is 1. The molecule has 1 aliphatic heterocycles. The summed E-state index contributed by atoms with van der Waals surface area (Å²) in [6.07, 6.45) is 1.50. The molecule has 0 fully saturated rings. The number of H-pyrrole nitrogens is 1. The van der Waals surface area contributed by atoms with Crippen molar-refractivity contribution in [3.63, 3.8) is 0 Å². The molecule has 2 heterocycles. The summed E-state index contributed by atoms with van der Waals surface area (Å²) in [5.74, 6) is 1.12. The maximum Gasteiger partial charge on any atom is 0.257 e. The monoisotopic (exact) mass is 436 g/mol. The van der Waals surface area contributed by atoms with Crippen LogP contribution in [0.3, 0.4) is 0 Å². The first kappa shape index (κ1) is 21.1. The Hall–Kier alpha value is -4.15. The number of aromatic nitrogens is 4. The molecule has 0 spiro atoms. The van der Waals surface area contributed by atoms with Crippen LogP contribution in [0.25, 0.3) is 10.4 Å². The zero-order chi connectivity index (χ0) is 22.4. The second-order valence-corrected chi connectivity index (χ2v) is 7.01. The van der Waals surface area contributed by atoms with Gasteiger partial charge >= 0.3 is 0 Å². The van der Waals surface area contributed by atoms with Gasteiger partial charge < -0.3 is 14.2 Å². The van der Waals surface area contributed by atoms with Crippen LogP contribution in [0, 0.1) is 0 Å². The molecule has 0 radical (unpaired) electrons. The van der Waals surface area contributed by atoms with Gasteiger partial charge in [-0.3, -0.25) is 10.5 Å². The molecule has 0 saturated carbocycles. The number of hydrogen-bond donors (Lipinski definition) is 2. The molecule has 12 nitrogen and oxygen atoms in total. The molecule has 4 rings (SSSR count). The van der Waals surface area contributed by atoms with E-state index in [0.29, 0.717) is 35.8 Å². The van der Waals surface area contributed by atoms with E-state index in [1.807, 2.05) is 0 Å². The molecule has 0 bridgehead atoms. The first-order valence-corrected chi connectivity index (χ1v) is 9.87. The summed E-state index contributed by atoms with van der Waals surface area (Å²) in [4.78, 5) is 15.9. The van der Waals surface area contributed by atoms with E-state index in [0.717, 1.165) is 12.8 Å². The smallest absolute Gasteiger partial charge is 0.257 e. The Bertz CT molecular complexity index is 1130. The van der Waals surface area contributed by atoms with Crippen LogP contribution in [-0.4, -0.2) is 46.2 Å². The molecule has 0 amide bonds. The van der Waals surface area contributed by atoms with Gasteiger partial charge in [0.1, 0.15) is 12.4 Å². The molecule has 0 saturated heterocycles. The summed E-state index contributed by atoms with van der Waals surface area (Å²) in [6.45, 7) is 0.893. The molecule has 12 heteroatoms. The molecule has 1 unspecified atom stereocenters. The van der Waals surface area contributed by atoms with Crippen molar-refractivity contribution in [2.24, 2.45) is 10.8 Å². The molecular weight excluding hydrogens is 416 g/mol. The largest absolute Gasteiger partial charge is 0.494 e. The lowest BCUT2D eigenvalue weighted by Crippen LogP contribution is -2.51. The zero-order valence-corrected chi connectivity index (χ0v) is 17.0. The number of benzene rings is 2. The van der Waals surface area contributed by atoms with E-state index in [1.54, 1.807) is 42.5 Å². The fourth-order valence-electron chi connectivity index (χ4n) is 3.14. The molecule has 0 aliphatic carbocycles. The number of unbranched alkanes of at least 4 members (excludes halogenated alkanes) is 1. The molecule has 164 valence electrons. The van der Waals surface area contributed by atoms with Gasteiger partial charge in [-0.25, -0.2) is 0 Å². The van der Waals surface area contributed by atoms with Gasteiger partial charge in [0.05, 0.1) is 12.2 Å². The van der Waals surface area contributed by atoms with E-state index in [2.05, 4.69) is 30.7 Å². The highest BCUT2D eigenvalue weighted by molar-refractivity contribution is 6.11. The Kier molecular flexibility index (Phi) is 6.15. The normalized spacial score (nSPS) is 16.8. The summed E-state index contributed by atoms with van der Waals surface area (Å²) in [7, 11) is 0. The molecule has 32 heavy (non-hydrogen) atoms. The Balaban J connectivity index is 1.47. The Morgan fingerprint density at radius 3 is 2.88 bits per heavy atom. The number of para-hydroxylation sites is 1. The maximum atomic E-state index is 13.2. The summed E-state index contributed by atoms with van der Waals surface area (Å²) in [6, 6.07) is 11.8. The lowest BCUT2D eigenvalue weighted by atomic mass is 10.0. The minimum Gasteiger partial charge on any atom is -0.494 e. The van der Waals surface area contributed by atoms with E-state index in [4.69, 9.17) is 25.5 Å². The maximum absolute atomic E-state index is 13.2. The summed E-state index contributed by atoms with van der Waals surface area (Å²) < 4.78 is 17.3. The third-order valence-corrected chi connectivity index (χ3v) is 4.77. The van der Waals surface area contributed by atoms with Gasteiger partial charge in [-0.15, -0.1) is 10.2 Å². The van der Waals surface area contributed by atoms with Crippen LogP contribution in [0.4, 0.5) is 0 Å². The van der Waals surface area contributed by atoms with Crippen molar-refractivity contribution in [3.05, 3.63) is 69.9 Å². The Morgan fingerprint density at radius 1 is 1.28 bits per heavy atom. The quantitative estimate of drug-likeness (QED) is 0.169. The van der Waals surface area contributed by atoms with Crippen LogP contribution in [0.1, 0.15) is 34.6 Å². The first-order chi connectivity index (χ1) is 15.6. The fourth-order valence-corrected chi connectivity index (χ4v) is 3.14. The second-order valence-electron chi connectivity index (χ2n) is 7.01. The number of carbonyl (C=O) groups is 1. The molecule has 1 atom stereocenters. The third kappa shape index (κ3) is 4.46. The fraction of sp³-hybridized carbons (Fsp3) is 0.300. The van der Waals surface area contributed by atoms with Crippen LogP contribution in [-0.2, 0) is 5.72 Å². The summed E-state index contributed by atoms with van der Waals surface area (Å²) in [5, 5.41) is 17.1. The van der Waals surface area contributed by atoms with Crippen molar-refractivity contribution in [3.8, 4) is 17.2 Å². The number of aromatic amines is 1. The number of nitrogens with zero attached hydrogens (tertiary/aromatic N) is 6. The van der Waals surface area contributed by atoms with E-state index in [-0.39, 0.29) is 24.0 Å². The van der Waals surface area contributed by atoms with Crippen LogP contribution in [0.2, 0.25) is 0 Å². The highest BCUT2D eigenvalue weighted by Crippen LogP contribution is 2.40. The molecule has 2 aromatic carbocycles. The number of nitrogens with two attached hydrogens (primary N) is 1. The van der Waals surface area contributed by atoms with Crippen LogP contribution < -0.4 is 19.9 Å². The number of tetrazole rings is 1. The average Bonchev–Trinajstić information content (AvgIpc) is 3.37. The van der Waals surface area contributed by atoms with Gasteiger partial charge in [0.25, 0.3) is 5.72 Å². The van der Waals surface area contributed by atoms with Gasteiger partial charge in [0.2, 0.25) is 5.82 Å². The molecule has 3 aromatic rings. The average molecular weight is 436 g/mol. The van der Waals surface area contributed by atoms with Crippen molar-refractivity contribution >= 4 is 5.78 Å². The van der Waals surface area contributed by atoms with Crippen molar-refractivity contribution in [1.82, 2.24) is 20.6 Å². The number of rotatable bonds is 9. The zero-order valence-electron chi connectivity index (χ0n) is 17.0. The van der Waals surface area contributed by atoms with Gasteiger partial charge in [0.15, 0.2) is 17.3 Å². The van der Waals surface area contributed by atoms with Crippen LogP contribution in [0.5, 0.6) is 17.2 Å². The number of azide groups is 1. The number of fused-ring (bicyclic) bond motifs is 1. The van der Waals surface area contributed by atoms with Crippen molar-refractivity contribution < 1.29 is 19.0 Å². The van der Waals surface area contributed by atoms with Crippen LogP contribution in [0.15, 0.2) is 47.6 Å². The predicted molar refractivity (Wildman–Crippen MR) is 111 cm³/mol. The number of hydrogen-bond acceptors (Lipinski definition) is 9. The highest BCUT2D eigenvalue weighted by atomic mass is 16.6. The minimum absolute atomic E-state index is 0.0356. The molecule has 1 aliphatic rings. The van der Waals surface area contributed by atoms with E-state index < -0.39 is 5.72 Å². The highest BCUT2D eigenvalue weighted by Gasteiger charge is 2.41. The van der Waals surface area contributed by atoms with Crippen LogP contribution >= 0.6 is 0 Å². The van der Waals surface area contributed by atoms with Crippen molar-refractivity contribution in [2.75, 3.05) is 19.8 Å². The minimum atomic E-state index is -1.48. The second kappa shape index (κ2) is 9.33. The van der Waals surface area contributed by atoms with Crippen molar-refractivity contribution in [2.45, 2.75) is 18.6 Å².